The second-order valence-electron chi connectivity index (χ2n) is 8.71. The van der Waals surface area contributed by atoms with Crippen molar-refractivity contribution in [1.29, 1.82) is 0 Å². The minimum absolute atomic E-state index is 0.149. The van der Waals surface area contributed by atoms with Gasteiger partial charge in [-0.3, -0.25) is 28.0 Å². The Kier molecular flexibility index (Phi) is 7.39. The normalized spacial score (nSPS) is 32.0. The molecule has 5 heterocycles. The Morgan fingerprint density at radius 3 is 2.45 bits per heavy atom. The van der Waals surface area contributed by atoms with Crippen LogP contribution in [-0.4, -0.2) is 99.1 Å². The molecular formula is C18H22F2N9O10P. The van der Waals surface area contributed by atoms with Crippen LogP contribution in [0.4, 0.5) is 20.7 Å². The average molecular weight is 593 g/mol. The number of halogens is 2. The van der Waals surface area contributed by atoms with E-state index in [1.54, 1.807) is 0 Å². The Morgan fingerprint density at radius 2 is 1.75 bits per heavy atom. The quantitative estimate of drug-likeness (QED) is 0.144. The molecule has 40 heavy (non-hydrogen) atoms. The van der Waals surface area contributed by atoms with Crippen LogP contribution in [0.2, 0.25) is 0 Å². The van der Waals surface area contributed by atoms with Crippen molar-refractivity contribution in [1.82, 2.24) is 34.1 Å². The molecule has 2 aliphatic rings. The van der Waals surface area contributed by atoms with Crippen LogP contribution in [0.3, 0.4) is 0 Å². The van der Waals surface area contributed by atoms with Gasteiger partial charge >= 0.3 is 13.5 Å². The zero-order valence-corrected chi connectivity index (χ0v) is 20.8. The first-order valence-electron chi connectivity index (χ1n) is 11.4. The second kappa shape index (κ2) is 10.5. The maximum absolute atomic E-state index is 15.2. The summed E-state index contributed by atoms with van der Waals surface area (Å²) >= 11 is 0. The van der Waals surface area contributed by atoms with Gasteiger partial charge in [-0.15, -0.1) is 0 Å². The summed E-state index contributed by atoms with van der Waals surface area (Å²) in [5.41, 5.74) is 8.75. The van der Waals surface area contributed by atoms with Crippen molar-refractivity contribution in [3.63, 3.8) is 0 Å². The Labute approximate surface area is 219 Å². The molecule has 0 amide bonds. The number of rotatable bonds is 8. The van der Waals surface area contributed by atoms with E-state index in [2.05, 4.69) is 24.9 Å². The largest absolute Gasteiger partial charge is 0.472 e. The van der Waals surface area contributed by atoms with Gasteiger partial charge < -0.3 is 36.0 Å². The Balaban J connectivity index is 1.27. The minimum Gasteiger partial charge on any atom is -0.394 e. The van der Waals surface area contributed by atoms with Crippen molar-refractivity contribution >= 4 is 30.9 Å². The first kappa shape index (κ1) is 28.1. The molecule has 0 radical (unpaired) electrons. The fourth-order valence-electron chi connectivity index (χ4n) is 4.27. The molecule has 3 aromatic heterocycles. The predicted molar refractivity (Wildman–Crippen MR) is 125 cm³/mol. The molecule has 218 valence electrons. The van der Waals surface area contributed by atoms with Gasteiger partial charge in [0, 0.05) is 0 Å². The lowest BCUT2D eigenvalue weighted by Crippen LogP contribution is -2.36. The van der Waals surface area contributed by atoms with Gasteiger partial charge in [-0.1, -0.05) is 0 Å². The summed E-state index contributed by atoms with van der Waals surface area (Å²) in [4.78, 5) is 51.0. The van der Waals surface area contributed by atoms with E-state index >= 15 is 4.39 Å². The molecule has 9 unspecified atom stereocenters. The summed E-state index contributed by atoms with van der Waals surface area (Å²) in [6.07, 6.45) is -12.8. The third-order valence-electron chi connectivity index (χ3n) is 6.14. The first-order valence-corrected chi connectivity index (χ1v) is 12.9. The Bertz CT molecular complexity index is 1570. The molecule has 0 aliphatic carbocycles. The standard InChI is InChI=1S/C18H22F2N9O10P/c19-7-10(31)6(38-14(7)28-3-23-9-12(28)25-17(22)26-13(9)32)2-36-40(34,35)39-11-5(1-30)37-15(8(11)20)29-4-24-16(21)27-18(29)33/h3-8,10-11,14-15,30-31H,1-2H2,(H,34,35)(H2,21,27,33)(H3,22,25,26,32). The molecule has 0 saturated carbocycles. The number of imidazole rings is 1. The maximum Gasteiger partial charge on any atom is 0.472 e. The summed E-state index contributed by atoms with van der Waals surface area (Å²) < 4.78 is 64.7. The summed E-state index contributed by atoms with van der Waals surface area (Å²) in [6.45, 7) is -1.81. The van der Waals surface area contributed by atoms with E-state index in [0.717, 1.165) is 17.2 Å². The topological polar surface area (TPSA) is 278 Å². The average Bonchev–Trinajstić information content (AvgIpc) is 3.53. The van der Waals surface area contributed by atoms with E-state index < -0.39 is 87.4 Å². The Morgan fingerprint density at radius 1 is 1.07 bits per heavy atom. The van der Waals surface area contributed by atoms with Gasteiger partial charge in [-0.05, 0) is 0 Å². The monoisotopic (exact) mass is 593 g/mol. The van der Waals surface area contributed by atoms with Gasteiger partial charge in [0.2, 0.25) is 11.9 Å². The number of nitrogens with one attached hydrogen (secondary N) is 1. The van der Waals surface area contributed by atoms with E-state index in [4.69, 9.17) is 30.0 Å². The van der Waals surface area contributed by atoms with Crippen molar-refractivity contribution in [3.8, 4) is 0 Å². The molecule has 2 saturated heterocycles. The molecule has 0 bridgehead atoms. The van der Waals surface area contributed by atoms with Crippen LogP contribution in [0.25, 0.3) is 11.2 Å². The van der Waals surface area contributed by atoms with Crippen LogP contribution in [0, 0.1) is 0 Å². The van der Waals surface area contributed by atoms with E-state index in [9.17, 15) is 33.7 Å². The number of hydrogen-bond donors (Lipinski definition) is 6. The number of aromatic nitrogens is 7. The van der Waals surface area contributed by atoms with Crippen molar-refractivity contribution in [2.75, 3.05) is 24.7 Å². The highest BCUT2D eigenvalue weighted by Gasteiger charge is 2.51. The predicted octanol–water partition coefficient (Wildman–Crippen LogP) is -2.74. The van der Waals surface area contributed by atoms with Crippen molar-refractivity contribution in [2.24, 2.45) is 0 Å². The number of aliphatic hydroxyl groups is 2. The van der Waals surface area contributed by atoms with Gasteiger partial charge in [0.25, 0.3) is 5.56 Å². The lowest BCUT2D eigenvalue weighted by atomic mass is 10.1. The molecule has 3 aromatic rings. The fraction of sp³-hybridized carbons (Fsp3) is 0.556. The fourth-order valence-corrected chi connectivity index (χ4v) is 5.22. The van der Waals surface area contributed by atoms with Crippen LogP contribution >= 0.6 is 7.82 Å². The van der Waals surface area contributed by atoms with Crippen LogP contribution in [0.5, 0.6) is 0 Å². The number of phosphoric acid groups is 1. The van der Waals surface area contributed by atoms with Gasteiger partial charge in [-0.25, -0.2) is 28.1 Å². The molecule has 5 rings (SSSR count). The number of H-pyrrole nitrogens is 1. The first-order chi connectivity index (χ1) is 18.9. The van der Waals surface area contributed by atoms with E-state index in [-0.39, 0.29) is 17.1 Å². The number of fused-ring (bicyclic) bond motifs is 1. The molecule has 0 aromatic carbocycles. The van der Waals surface area contributed by atoms with Gasteiger partial charge in [0.15, 0.2) is 36.0 Å². The molecule has 2 fully saturated rings. The zero-order chi connectivity index (χ0) is 28.9. The zero-order valence-electron chi connectivity index (χ0n) is 19.9. The lowest BCUT2D eigenvalue weighted by Gasteiger charge is -2.22. The van der Waals surface area contributed by atoms with Gasteiger partial charge in [0.05, 0.1) is 19.5 Å². The number of alkyl halides is 2. The second-order valence-corrected chi connectivity index (χ2v) is 10.1. The number of aliphatic hydroxyl groups excluding tert-OH is 2. The van der Waals surface area contributed by atoms with Crippen LogP contribution in [0.15, 0.2) is 22.2 Å². The summed E-state index contributed by atoms with van der Waals surface area (Å²) in [7, 11) is -5.17. The number of nitrogen functional groups attached to an aromatic ring is 2. The summed E-state index contributed by atoms with van der Waals surface area (Å²) in [5.74, 6) is -0.676. The highest BCUT2D eigenvalue weighted by atomic mass is 31.2. The number of anilines is 2. The number of ether oxygens (including phenoxy) is 2. The van der Waals surface area contributed by atoms with Gasteiger partial charge in [0.1, 0.15) is 30.7 Å². The van der Waals surface area contributed by atoms with Crippen molar-refractivity contribution in [2.45, 2.75) is 49.2 Å². The molecule has 2 aliphatic heterocycles. The number of nitrogens with two attached hydrogens (primary N) is 2. The maximum atomic E-state index is 15.2. The van der Waals surface area contributed by atoms with Crippen LogP contribution in [-0.2, 0) is 23.1 Å². The SMILES string of the molecule is Nc1ncn(C2OC(CO)C(OP(=O)(O)OCC3OC(n4cnc5c(=O)[nH]c(N)nc54)C(F)C3O)C2F)c(=O)n1. The number of aromatic amines is 1. The van der Waals surface area contributed by atoms with Crippen molar-refractivity contribution in [3.05, 3.63) is 33.5 Å². The summed E-state index contributed by atoms with van der Waals surface area (Å²) in [5, 5.41) is 19.9. The van der Waals surface area contributed by atoms with Crippen LogP contribution in [0.1, 0.15) is 12.5 Å². The van der Waals surface area contributed by atoms with Crippen molar-refractivity contribution < 1.29 is 47.0 Å². The molecule has 8 N–H and O–H groups in total. The van der Waals surface area contributed by atoms with E-state index in [1.807, 2.05) is 0 Å². The smallest absolute Gasteiger partial charge is 0.394 e. The number of nitrogens with zero attached hydrogens (tertiary/aromatic N) is 6. The highest BCUT2D eigenvalue weighted by Crippen LogP contribution is 2.49. The lowest BCUT2D eigenvalue weighted by molar-refractivity contribution is -0.0576. The van der Waals surface area contributed by atoms with Gasteiger partial charge in [-0.2, -0.15) is 9.97 Å². The van der Waals surface area contributed by atoms with E-state index in [1.165, 1.54) is 0 Å². The number of phosphoric ester groups is 1. The molecule has 22 heteroatoms. The summed E-state index contributed by atoms with van der Waals surface area (Å²) in [6, 6.07) is 0. The molecule has 9 atom stereocenters. The molecular weight excluding hydrogens is 571 g/mol. The van der Waals surface area contributed by atoms with E-state index in [0.29, 0.717) is 4.57 Å². The van der Waals surface area contributed by atoms with Crippen LogP contribution < -0.4 is 22.7 Å². The number of hydrogen-bond acceptors (Lipinski definition) is 15. The third kappa shape index (κ3) is 5.08. The molecule has 19 nitrogen and oxygen atoms in total. The Hall–Kier alpha value is -3.43. The third-order valence-corrected chi connectivity index (χ3v) is 7.13. The molecule has 0 spiro atoms. The minimum atomic E-state index is -5.17. The highest BCUT2D eigenvalue weighted by molar-refractivity contribution is 7.47.